The van der Waals surface area contributed by atoms with E-state index in [-0.39, 0.29) is 0 Å². The monoisotopic (exact) mass is 287 g/mol. The van der Waals surface area contributed by atoms with Crippen molar-refractivity contribution in [3.05, 3.63) is 108 Å². The van der Waals surface area contributed by atoms with Gasteiger partial charge in [-0.05, 0) is 35.2 Å². The first kappa shape index (κ1) is 14.4. The van der Waals surface area contributed by atoms with Crippen LogP contribution >= 0.6 is 0 Å². The van der Waals surface area contributed by atoms with Crippen molar-refractivity contribution >= 4 is 0 Å². The molecule has 22 heavy (non-hydrogen) atoms. The van der Waals surface area contributed by atoms with E-state index in [1.54, 1.807) is 7.11 Å². The number of methoxy groups -OCH3 is 1. The Bertz CT molecular complexity index is 647. The van der Waals surface area contributed by atoms with Gasteiger partial charge in [0.05, 0.1) is 7.11 Å². The Labute approximate surface area is 132 Å². The van der Waals surface area contributed by atoms with E-state index >= 15 is 0 Å². The topological polar surface area (TPSA) is 9.23 Å². The summed E-state index contributed by atoms with van der Waals surface area (Å²) in [4.78, 5) is 0. The summed E-state index contributed by atoms with van der Waals surface area (Å²) in [7, 11) is 1.69. The summed E-state index contributed by atoms with van der Waals surface area (Å²) in [6.45, 7) is 0. The van der Waals surface area contributed by atoms with Crippen molar-refractivity contribution in [1.82, 2.24) is 0 Å². The number of ether oxygens (including phenoxy) is 1. The van der Waals surface area contributed by atoms with E-state index in [9.17, 15) is 0 Å². The van der Waals surface area contributed by atoms with Crippen molar-refractivity contribution in [3.63, 3.8) is 0 Å². The van der Waals surface area contributed by atoms with Gasteiger partial charge in [0.15, 0.2) is 0 Å². The second-order valence-corrected chi connectivity index (χ2v) is 5.24. The van der Waals surface area contributed by atoms with Crippen LogP contribution in [0.4, 0.5) is 0 Å². The lowest BCUT2D eigenvalue weighted by Crippen LogP contribution is -2.06. The highest BCUT2D eigenvalue weighted by atomic mass is 16.5. The van der Waals surface area contributed by atoms with Crippen LogP contribution in [-0.4, -0.2) is 7.11 Å². The summed E-state index contributed by atoms with van der Waals surface area (Å²) in [5.74, 6) is 2.23. The first-order valence-corrected chi connectivity index (χ1v) is 7.46. The first-order valence-electron chi connectivity index (χ1n) is 7.46. The zero-order valence-electron chi connectivity index (χ0n) is 12.7. The average Bonchev–Trinajstić information content (AvgIpc) is 2.62. The molecule has 0 fully saturated rings. The standard InChI is InChI=1S/C21H19O/c1-22-20-14-12-17(13-15-20)16-21(18-8-4-2-5-9-18)19-10-6-3-7-11-19/h2-15H,16H2,1H3. The molecule has 1 nitrogen and oxygen atoms in total. The molecular formula is C21H19O. The van der Waals surface area contributed by atoms with Gasteiger partial charge in [-0.3, -0.25) is 0 Å². The number of rotatable bonds is 5. The van der Waals surface area contributed by atoms with Crippen LogP contribution in [0.25, 0.3) is 0 Å². The molecule has 0 atom stereocenters. The minimum Gasteiger partial charge on any atom is -0.497 e. The molecule has 0 saturated carbocycles. The molecule has 0 N–H and O–H groups in total. The maximum Gasteiger partial charge on any atom is 0.118 e. The van der Waals surface area contributed by atoms with Crippen LogP contribution in [0.3, 0.4) is 0 Å². The zero-order valence-corrected chi connectivity index (χ0v) is 12.7. The molecule has 0 aromatic heterocycles. The Kier molecular flexibility index (Phi) is 4.55. The molecule has 1 heteroatoms. The first-order chi connectivity index (χ1) is 10.9. The van der Waals surface area contributed by atoms with Crippen molar-refractivity contribution in [1.29, 1.82) is 0 Å². The summed E-state index contributed by atoms with van der Waals surface area (Å²) in [5, 5.41) is 0. The fraction of sp³-hybridized carbons (Fsp3) is 0.0952. The van der Waals surface area contributed by atoms with E-state index in [1.807, 2.05) is 12.1 Å². The lowest BCUT2D eigenvalue weighted by molar-refractivity contribution is 0.414. The van der Waals surface area contributed by atoms with E-state index in [2.05, 4.69) is 72.8 Å². The van der Waals surface area contributed by atoms with Gasteiger partial charge in [-0.2, -0.15) is 0 Å². The van der Waals surface area contributed by atoms with E-state index in [0.717, 1.165) is 12.2 Å². The van der Waals surface area contributed by atoms with E-state index < -0.39 is 0 Å². The highest BCUT2D eigenvalue weighted by Gasteiger charge is 2.15. The average molecular weight is 287 g/mol. The Morgan fingerprint density at radius 2 is 1.18 bits per heavy atom. The molecule has 0 aliphatic carbocycles. The lowest BCUT2D eigenvalue weighted by atomic mass is 9.86. The van der Waals surface area contributed by atoms with Crippen LogP contribution in [0.1, 0.15) is 16.7 Å². The number of hydrogen-bond donors (Lipinski definition) is 0. The highest BCUT2D eigenvalue weighted by molar-refractivity contribution is 5.48. The lowest BCUT2D eigenvalue weighted by Gasteiger charge is -2.17. The fourth-order valence-corrected chi connectivity index (χ4v) is 2.60. The second kappa shape index (κ2) is 6.95. The van der Waals surface area contributed by atoms with Crippen molar-refractivity contribution in [3.8, 4) is 5.75 Å². The molecule has 0 unspecified atom stereocenters. The minimum absolute atomic E-state index is 0.893. The molecule has 3 aromatic rings. The van der Waals surface area contributed by atoms with Crippen LogP contribution in [0.15, 0.2) is 84.9 Å². The van der Waals surface area contributed by atoms with Gasteiger partial charge in [0.1, 0.15) is 5.75 Å². The van der Waals surface area contributed by atoms with E-state index in [1.165, 1.54) is 22.6 Å². The number of benzene rings is 3. The minimum atomic E-state index is 0.893. The molecule has 1 radical (unpaired) electrons. The van der Waals surface area contributed by atoms with Crippen LogP contribution in [0.2, 0.25) is 0 Å². The maximum atomic E-state index is 5.24. The molecule has 3 aromatic carbocycles. The Morgan fingerprint density at radius 3 is 1.64 bits per heavy atom. The Hall–Kier alpha value is -2.54. The van der Waals surface area contributed by atoms with Gasteiger partial charge in [0.25, 0.3) is 0 Å². The maximum absolute atomic E-state index is 5.24. The molecule has 0 amide bonds. The molecule has 0 bridgehead atoms. The predicted octanol–water partition coefficient (Wildman–Crippen LogP) is 4.91. The van der Waals surface area contributed by atoms with Gasteiger partial charge < -0.3 is 4.74 Å². The van der Waals surface area contributed by atoms with Gasteiger partial charge in [0, 0.05) is 5.92 Å². The molecule has 0 heterocycles. The van der Waals surface area contributed by atoms with Crippen molar-refractivity contribution < 1.29 is 4.74 Å². The molecule has 3 rings (SSSR count). The third kappa shape index (κ3) is 3.37. The van der Waals surface area contributed by atoms with Crippen molar-refractivity contribution in [2.45, 2.75) is 6.42 Å². The zero-order chi connectivity index (χ0) is 15.2. The van der Waals surface area contributed by atoms with Crippen molar-refractivity contribution in [2.24, 2.45) is 0 Å². The molecule has 0 saturated heterocycles. The van der Waals surface area contributed by atoms with E-state index in [4.69, 9.17) is 4.74 Å². The highest BCUT2D eigenvalue weighted by Crippen LogP contribution is 2.28. The quantitative estimate of drug-likeness (QED) is 0.648. The van der Waals surface area contributed by atoms with Gasteiger partial charge in [-0.25, -0.2) is 0 Å². The van der Waals surface area contributed by atoms with Gasteiger partial charge in [-0.1, -0.05) is 72.8 Å². The molecule has 0 aliphatic heterocycles. The van der Waals surface area contributed by atoms with Crippen LogP contribution < -0.4 is 4.74 Å². The largest absolute Gasteiger partial charge is 0.497 e. The normalized spacial score (nSPS) is 10.6. The SMILES string of the molecule is COc1ccc(C[C](c2ccccc2)c2ccccc2)cc1. The van der Waals surface area contributed by atoms with E-state index in [0.29, 0.717) is 0 Å². The summed E-state index contributed by atoms with van der Waals surface area (Å²) in [6, 6.07) is 29.5. The van der Waals surface area contributed by atoms with Crippen LogP contribution in [-0.2, 0) is 6.42 Å². The Morgan fingerprint density at radius 1 is 0.682 bits per heavy atom. The van der Waals surface area contributed by atoms with Gasteiger partial charge in [0.2, 0.25) is 0 Å². The third-order valence-corrected chi connectivity index (χ3v) is 3.78. The molecule has 0 aliphatic rings. The molecule has 109 valence electrons. The summed E-state index contributed by atoms with van der Waals surface area (Å²) in [5.41, 5.74) is 3.82. The van der Waals surface area contributed by atoms with Gasteiger partial charge in [-0.15, -0.1) is 0 Å². The smallest absolute Gasteiger partial charge is 0.118 e. The predicted molar refractivity (Wildman–Crippen MR) is 91.0 cm³/mol. The fourth-order valence-electron chi connectivity index (χ4n) is 2.60. The molecule has 0 spiro atoms. The summed E-state index contributed by atoms with van der Waals surface area (Å²) >= 11 is 0. The third-order valence-electron chi connectivity index (χ3n) is 3.78. The van der Waals surface area contributed by atoms with Crippen LogP contribution in [0.5, 0.6) is 5.75 Å². The van der Waals surface area contributed by atoms with Gasteiger partial charge >= 0.3 is 0 Å². The van der Waals surface area contributed by atoms with Crippen LogP contribution in [0, 0.1) is 5.92 Å². The summed E-state index contributed by atoms with van der Waals surface area (Å²) in [6.07, 6.45) is 0.901. The van der Waals surface area contributed by atoms with Crippen molar-refractivity contribution in [2.75, 3.05) is 7.11 Å². The second-order valence-electron chi connectivity index (χ2n) is 5.24. The Balaban J connectivity index is 1.91. The summed E-state index contributed by atoms with van der Waals surface area (Å²) < 4.78 is 5.24. The number of hydrogen-bond acceptors (Lipinski definition) is 1. The molecular weight excluding hydrogens is 268 g/mol.